The molecule has 0 fully saturated rings. The summed E-state index contributed by atoms with van der Waals surface area (Å²) in [7, 11) is -3.76. The molecule has 0 aliphatic rings. The van der Waals surface area contributed by atoms with Crippen molar-refractivity contribution in [2.24, 2.45) is 0 Å². The van der Waals surface area contributed by atoms with Crippen LogP contribution < -0.4 is 10.0 Å². The molecule has 2 aromatic rings. The van der Waals surface area contributed by atoms with Crippen LogP contribution in [0.3, 0.4) is 0 Å². The fourth-order valence-electron chi connectivity index (χ4n) is 2.08. The van der Waals surface area contributed by atoms with Gasteiger partial charge in [0.2, 0.25) is 15.9 Å². The summed E-state index contributed by atoms with van der Waals surface area (Å²) in [6, 6.07) is 11.0. The van der Waals surface area contributed by atoms with Crippen LogP contribution in [-0.4, -0.2) is 20.4 Å². The highest BCUT2D eigenvalue weighted by molar-refractivity contribution is 9.10. The van der Waals surface area contributed by atoms with Gasteiger partial charge in [0.05, 0.1) is 10.9 Å². The summed E-state index contributed by atoms with van der Waals surface area (Å²) >= 11 is 3.26. The summed E-state index contributed by atoms with van der Waals surface area (Å²) in [6.07, 6.45) is 0. The van der Waals surface area contributed by atoms with Crippen molar-refractivity contribution >= 4 is 37.5 Å². The molecule has 0 saturated carbocycles. The first-order valence-corrected chi connectivity index (χ1v) is 9.62. The third-order valence-corrected chi connectivity index (χ3v) is 5.59. The zero-order valence-electron chi connectivity index (χ0n) is 13.6. The molecule has 2 aromatic carbocycles. The maximum absolute atomic E-state index is 12.3. The Labute approximate surface area is 150 Å². The van der Waals surface area contributed by atoms with Crippen LogP contribution in [0.5, 0.6) is 0 Å². The number of sulfonamides is 1. The molecule has 24 heavy (non-hydrogen) atoms. The fraction of sp³-hybridized carbons (Fsp3) is 0.235. The number of benzene rings is 2. The fourth-order valence-corrected chi connectivity index (χ4v) is 3.55. The number of carbonyl (C=O) groups excluding carboxylic acids is 1. The van der Waals surface area contributed by atoms with Gasteiger partial charge in [0, 0.05) is 10.2 Å². The van der Waals surface area contributed by atoms with E-state index in [-0.39, 0.29) is 4.90 Å². The Morgan fingerprint density at radius 2 is 1.71 bits per heavy atom. The van der Waals surface area contributed by atoms with Gasteiger partial charge in [-0.1, -0.05) is 28.1 Å². The van der Waals surface area contributed by atoms with Crippen molar-refractivity contribution in [1.29, 1.82) is 0 Å². The number of amides is 1. The van der Waals surface area contributed by atoms with E-state index in [1.54, 1.807) is 12.1 Å². The van der Waals surface area contributed by atoms with E-state index in [2.05, 4.69) is 26.0 Å². The van der Waals surface area contributed by atoms with Crippen molar-refractivity contribution in [3.05, 3.63) is 58.1 Å². The maximum atomic E-state index is 12.3. The molecule has 5 nitrogen and oxygen atoms in total. The zero-order valence-corrected chi connectivity index (χ0v) is 16.0. The number of hydrogen-bond donors (Lipinski definition) is 2. The highest BCUT2D eigenvalue weighted by Crippen LogP contribution is 2.17. The van der Waals surface area contributed by atoms with Crippen LogP contribution in [-0.2, 0) is 14.8 Å². The number of hydrogen-bond acceptors (Lipinski definition) is 3. The first kappa shape index (κ1) is 18.6. The van der Waals surface area contributed by atoms with Gasteiger partial charge in [0.1, 0.15) is 0 Å². The lowest BCUT2D eigenvalue weighted by atomic mass is 10.1. The smallest absolute Gasteiger partial charge is 0.242 e. The number of carbonyl (C=O) groups is 1. The minimum atomic E-state index is -3.76. The van der Waals surface area contributed by atoms with E-state index in [4.69, 9.17) is 0 Å². The summed E-state index contributed by atoms with van der Waals surface area (Å²) in [5.74, 6) is -0.413. The molecule has 0 aliphatic heterocycles. The van der Waals surface area contributed by atoms with Crippen molar-refractivity contribution in [1.82, 2.24) is 4.72 Å². The van der Waals surface area contributed by atoms with Crippen LogP contribution in [0.4, 0.5) is 5.69 Å². The Morgan fingerprint density at radius 1 is 1.08 bits per heavy atom. The Morgan fingerprint density at radius 3 is 2.33 bits per heavy atom. The summed E-state index contributed by atoms with van der Waals surface area (Å²) in [5, 5.41) is 2.76. The third kappa shape index (κ3) is 4.66. The molecular weight excluding hydrogens is 392 g/mol. The molecule has 0 aromatic heterocycles. The van der Waals surface area contributed by atoms with Gasteiger partial charge in [0.25, 0.3) is 0 Å². The second-order valence-electron chi connectivity index (χ2n) is 5.60. The molecule has 0 aliphatic carbocycles. The predicted molar refractivity (Wildman–Crippen MR) is 98.5 cm³/mol. The summed E-state index contributed by atoms with van der Waals surface area (Å²) in [6.45, 7) is 5.32. The Balaban J connectivity index is 2.10. The second kappa shape index (κ2) is 7.46. The zero-order chi connectivity index (χ0) is 17.9. The van der Waals surface area contributed by atoms with Crippen LogP contribution in [0.1, 0.15) is 18.1 Å². The maximum Gasteiger partial charge on any atom is 0.242 e. The minimum absolute atomic E-state index is 0.108. The highest BCUT2D eigenvalue weighted by atomic mass is 79.9. The minimum Gasteiger partial charge on any atom is -0.324 e. The van der Waals surface area contributed by atoms with Crippen molar-refractivity contribution < 1.29 is 13.2 Å². The van der Waals surface area contributed by atoms with E-state index in [0.717, 1.165) is 15.6 Å². The molecule has 7 heteroatoms. The summed E-state index contributed by atoms with van der Waals surface area (Å²) in [4.78, 5) is 12.4. The first-order valence-electron chi connectivity index (χ1n) is 7.35. The largest absolute Gasteiger partial charge is 0.324 e. The van der Waals surface area contributed by atoms with Crippen molar-refractivity contribution in [3.8, 4) is 0 Å². The average Bonchev–Trinajstić information content (AvgIpc) is 2.51. The molecule has 128 valence electrons. The molecule has 0 heterocycles. The lowest BCUT2D eigenvalue weighted by Crippen LogP contribution is -2.41. The summed E-state index contributed by atoms with van der Waals surface area (Å²) < 4.78 is 27.8. The molecule has 1 unspecified atom stereocenters. The third-order valence-electron chi connectivity index (χ3n) is 3.50. The number of rotatable bonds is 5. The highest BCUT2D eigenvalue weighted by Gasteiger charge is 2.22. The van der Waals surface area contributed by atoms with E-state index in [1.807, 2.05) is 32.0 Å². The standard InChI is InChI=1S/C17H19BrN2O3S/c1-11-4-5-12(2)16(10-11)19-17(21)13(3)20-24(22,23)15-8-6-14(18)7-9-15/h4-10,13,20H,1-3H3,(H,19,21). The predicted octanol–water partition coefficient (Wildman–Crippen LogP) is 3.37. The molecule has 1 amide bonds. The molecule has 2 rings (SSSR count). The Hall–Kier alpha value is -1.70. The number of aryl methyl sites for hydroxylation is 2. The normalized spacial score (nSPS) is 12.7. The van der Waals surface area contributed by atoms with Gasteiger partial charge < -0.3 is 5.32 Å². The van der Waals surface area contributed by atoms with Crippen LogP contribution in [0.25, 0.3) is 0 Å². The van der Waals surface area contributed by atoms with E-state index in [9.17, 15) is 13.2 Å². The quantitative estimate of drug-likeness (QED) is 0.792. The molecule has 1 atom stereocenters. The molecule has 0 spiro atoms. The monoisotopic (exact) mass is 410 g/mol. The number of halogens is 1. The number of anilines is 1. The van der Waals surface area contributed by atoms with Gasteiger partial charge in [-0.25, -0.2) is 8.42 Å². The van der Waals surface area contributed by atoms with Crippen molar-refractivity contribution in [2.75, 3.05) is 5.32 Å². The van der Waals surface area contributed by atoms with Gasteiger partial charge >= 0.3 is 0 Å². The van der Waals surface area contributed by atoms with Gasteiger partial charge in [-0.15, -0.1) is 0 Å². The summed E-state index contributed by atoms with van der Waals surface area (Å²) in [5.41, 5.74) is 2.60. The molecule has 0 saturated heterocycles. The molecule has 2 N–H and O–H groups in total. The van der Waals surface area contributed by atoms with Crippen molar-refractivity contribution in [3.63, 3.8) is 0 Å². The molecule has 0 radical (unpaired) electrons. The van der Waals surface area contributed by atoms with E-state index < -0.39 is 22.0 Å². The molecular formula is C17H19BrN2O3S. The Bertz CT molecular complexity index is 849. The SMILES string of the molecule is Cc1ccc(C)c(NC(=O)C(C)NS(=O)(=O)c2ccc(Br)cc2)c1. The van der Waals surface area contributed by atoms with E-state index >= 15 is 0 Å². The lowest BCUT2D eigenvalue weighted by molar-refractivity contribution is -0.117. The second-order valence-corrected chi connectivity index (χ2v) is 8.23. The van der Waals surface area contributed by atoms with Crippen molar-refractivity contribution in [2.45, 2.75) is 31.7 Å². The molecule has 0 bridgehead atoms. The van der Waals surface area contributed by atoms with Gasteiger partial charge in [-0.2, -0.15) is 4.72 Å². The van der Waals surface area contributed by atoms with Gasteiger partial charge in [0.15, 0.2) is 0 Å². The Kier molecular flexibility index (Phi) is 5.79. The van der Waals surface area contributed by atoms with Crippen LogP contribution in [0.2, 0.25) is 0 Å². The van der Waals surface area contributed by atoms with Crippen LogP contribution in [0.15, 0.2) is 51.8 Å². The average molecular weight is 411 g/mol. The first-order chi connectivity index (χ1) is 11.2. The lowest BCUT2D eigenvalue weighted by Gasteiger charge is -2.16. The topological polar surface area (TPSA) is 75.3 Å². The van der Waals surface area contributed by atoms with E-state index in [0.29, 0.717) is 5.69 Å². The van der Waals surface area contributed by atoms with Crippen LogP contribution in [0, 0.1) is 13.8 Å². The number of nitrogens with one attached hydrogen (secondary N) is 2. The van der Waals surface area contributed by atoms with Gasteiger partial charge in [-0.05, 0) is 62.2 Å². The van der Waals surface area contributed by atoms with E-state index in [1.165, 1.54) is 19.1 Å². The van der Waals surface area contributed by atoms with Crippen LogP contribution >= 0.6 is 15.9 Å². The van der Waals surface area contributed by atoms with Gasteiger partial charge in [-0.3, -0.25) is 4.79 Å².